The summed E-state index contributed by atoms with van der Waals surface area (Å²) in [6.45, 7) is 0. The van der Waals surface area contributed by atoms with Crippen LogP contribution >= 0.6 is 34.8 Å². The van der Waals surface area contributed by atoms with Crippen molar-refractivity contribution in [1.82, 2.24) is 9.97 Å². The lowest BCUT2D eigenvalue weighted by Gasteiger charge is -2.06. The van der Waals surface area contributed by atoms with Crippen LogP contribution in [0, 0.1) is 0 Å². The summed E-state index contributed by atoms with van der Waals surface area (Å²) in [5.41, 5.74) is 0.536. The number of halogens is 3. The molecule has 0 atom stereocenters. The highest BCUT2D eigenvalue weighted by molar-refractivity contribution is 6.37. The average molecular weight is 304 g/mol. The van der Waals surface area contributed by atoms with Gasteiger partial charge in [0, 0.05) is 15.6 Å². The summed E-state index contributed by atoms with van der Waals surface area (Å²) >= 11 is 17.7. The highest BCUT2D eigenvalue weighted by Crippen LogP contribution is 2.31. The van der Waals surface area contributed by atoms with Gasteiger partial charge in [0.15, 0.2) is 5.69 Å². The standard InChI is InChI=1S/C11H5Cl3N2O2/c12-6-1-5(2-7(13)3-6)9-8(14)10(11(17)18)16-4-15-9/h1-4H,(H,17,18). The summed E-state index contributed by atoms with van der Waals surface area (Å²) in [4.78, 5) is 18.5. The molecule has 1 aromatic carbocycles. The first-order valence-corrected chi connectivity index (χ1v) is 5.82. The molecule has 0 saturated heterocycles. The van der Waals surface area contributed by atoms with Crippen molar-refractivity contribution in [3.05, 3.63) is 45.3 Å². The van der Waals surface area contributed by atoms with Crippen molar-refractivity contribution in [3.8, 4) is 11.3 Å². The zero-order valence-electron chi connectivity index (χ0n) is 8.69. The molecule has 1 aromatic heterocycles. The van der Waals surface area contributed by atoms with E-state index in [2.05, 4.69) is 9.97 Å². The van der Waals surface area contributed by atoms with Gasteiger partial charge < -0.3 is 5.11 Å². The van der Waals surface area contributed by atoms with Crippen molar-refractivity contribution in [3.63, 3.8) is 0 Å². The van der Waals surface area contributed by atoms with Gasteiger partial charge in [-0.05, 0) is 18.2 Å². The van der Waals surface area contributed by atoms with Crippen LogP contribution in [0.25, 0.3) is 11.3 Å². The number of nitrogens with zero attached hydrogens (tertiary/aromatic N) is 2. The Morgan fingerprint density at radius 3 is 2.22 bits per heavy atom. The second kappa shape index (κ2) is 5.10. The third-order valence-electron chi connectivity index (χ3n) is 2.13. The Labute approximate surface area is 117 Å². The number of carbonyl (C=O) groups is 1. The van der Waals surface area contributed by atoms with Crippen LogP contribution in [0.5, 0.6) is 0 Å². The van der Waals surface area contributed by atoms with Gasteiger partial charge in [0.2, 0.25) is 0 Å². The molecule has 2 rings (SSSR count). The zero-order chi connectivity index (χ0) is 13.3. The van der Waals surface area contributed by atoms with Gasteiger partial charge in [-0.1, -0.05) is 34.8 Å². The van der Waals surface area contributed by atoms with E-state index in [4.69, 9.17) is 39.9 Å². The van der Waals surface area contributed by atoms with Crippen LogP contribution in [-0.4, -0.2) is 21.0 Å². The third-order valence-corrected chi connectivity index (χ3v) is 2.92. The summed E-state index contributed by atoms with van der Waals surface area (Å²) in [5, 5.41) is 9.68. The number of benzene rings is 1. The SMILES string of the molecule is O=C(O)c1ncnc(-c2cc(Cl)cc(Cl)c2)c1Cl. The molecule has 2 aromatic rings. The van der Waals surface area contributed by atoms with E-state index in [1.807, 2.05) is 0 Å². The van der Waals surface area contributed by atoms with Crippen molar-refractivity contribution in [1.29, 1.82) is 0 Å². The second-order valence-corrected chi connectivity index (χ2v) is 4.60. The quantitative estimate of drug-likeness (QED) is 0.916. The topological polar surface area (TPSA) is 63.1 Å². The van der Waals surface area contributed by atoms with E-state index in [1.165, 1.54) is 0 Å². The predicted octanol–water partition coefficient (Wildman–Crippen LogP) is 3.80. The minimum Gasteiger partial charge on any atom is -0.476 e. The number of hydrogen-bond donors (Lipinski definition) is 1. The molecule has 0 fully saturated rings. The number of carboxylic acid groups (broad SMARTS) is 1. The van der Waals surface area contributed by atoms with Gasteiger partial charge in [-0.15, -0.1) is 0 Å². The maximum atomic E-state index is 10.9. The molecule has 7 heteroatoms. The van der Waals surface area contributed by atoms with Crippen LogP contribution < -0.4 is 0 Å². The normalized spacial score (nSPS) is 10.4. The maximum absolute atomic E-state index is 10.9. The maximum Gasteiger partial charge on any atom is 0.356 e. The highest BCUT2D eigenvalue weighted by Gasteiger charge is 2.16. The van der Waals surface area contributed by atoms with E-state index in [1.54, 1.807) is 18.2 Å². The Hall–Kier alpha value is -1.36. The minimum atomic E-state index is -1.23. The third kappa shape index (κ3) is 2.56. The van der Waals surface area contributed by atoms with E-state index in [0.717, 1.165) is 6.33 Å². The van der Waals surface area contributed by atoms with E-state index in [-0.39, 0.29) is 16.4 Å². The molecule has 0 amide bonds. The van der Waals surface area contributed by atoms with Crippen molar-refractivity contribution >= 4 is 40.8 Å². The Kier molecular flexibility index (Phi) is 3.71. The molecule has 0 radical (unpaired) electrons. The average Bonchev–Trinajstić information content (AvgIpc) is 2.27. The molecular weight excluding hydrogens is 298 g/mol. The zero-order valence-corrected chi connectivity index (χ0v) is 11.0. The molecule has 92 valence electrons. The van der Waals surface area contributed by atoms with Crippen LogP contribution in [0.1, 0.15) is 10.5 Å². The number of rotatable bonds is 2. The Bertz CT molecular complexity index is 611. The number of aromatic nitrogens is 2. The van der Waals surface area contributed by atoms with Crippen LogP contribution in [0.4, 0.5) is 0 Å². The van der Waals surface area contributed by atoms with Gasteiger partial charge in [0.25, 0.3) is 0 Å². The number of carboxylic acids is 1. The van der Waals surface area contributed by atoms with E-state index >= 15 is 0 Å². The van der Waals surface area contributed by atoms with Gasteiger partial charge in [-0.25, -0.2) is 14.8 Å². The first-order valence-electron chi connectivity index (χ1n) is 4.69. The fourth-order valence-electron chi connectivity index (χ4n) is 1.41. The van der Waals surface area contributed by atoms with Gasteiger partial charge in [-0.3, -0.25) is 0 Å². The summed E-state index contributed by atoms with van der Waals surface area (Å²) < 4.78 is 0. The highest BCUT2D eigenvalue weighted by atomic mass is 35.5. The van der Waals surface area contributed by atoms with Crippen LogP contribution in [0.3, 0.4) is 0 Å². The van der Waals surface area contributed by atoms with Crippen molar-refractivity contribution in [2.45, 2.75) is 0 Å². The lowest BCUT2D eigenvalue weighted by atomic mass is 10.1. The molecule has 1 heterocycles. The first kappa shape index (κ1) is 13.1. The van der Waals surface area contributed by atoms with E-state index in [9.17, 15) is 4.79 Å². The van der Waals surface area contributed by atoms with Crippen LogP contribution in [-0.2, 0) is 0 Å². The molecule has 0 unspecified atom stereocenters. The number of aromatic carboxylic acids is 1. The van der Waals surface area contributed by atoms with Crippen molar-refractivity contribution < 1.29 is 9.90 Å². The van der Waals surface area contributed by atoms with Crippen LogP contribution in [0.2, 0.25) is 15.1 Å². The van der Waals surface area contributed by atoms with Crippen molar-refractivity contribution in [2.75, 3.05) is 0 Å². The smallest absolute Gasteiger partial charge is 0.356 e. The van der Waals surface area contributed by atoms with Gasteiger partial charge in [-0.2, -0.15) is 0 Å². The summed E-state index contributed by atoms with van der Waals surface area (Å²) in [6.07, 6.45) is 1.12. The summed E-state index contributed by atoms with van der Waals surface area (Å²) in [7, 11) is 0. The summed E-state index contributed by atoms with van der Waals surface area (Å²) in [5.74, 6) is -1.23. The molecule has 0 bridgehead atoms. The Balaban J connectivity index is 2.64. The van der Waals surface area contributed by atoms with Crippen molar-refractivity contribution in [2.24, 2.45) is 0 Å². The Morgan fingerprint density at radius 2 is 1.67 bits per heavy atom. The molecule has 0 spiro atoms. The van der Waals surface area contributed by atoms with Gasteiger partial charge in [0.05, 0.1) is 5.69 Å². The molecule has 0 saturated carbocycles. The first-order chi connectivity index (χ1) is 8.49. The lowest BCUT2D eigenvalue weighted by Crippen LogP contribution is -2.03. The van der Waals surface area contributed by atoms with Crippen LogP contribution in [0.15, 0.2) is 24.5 Å². The monoisotopic (exact) mass is 302 g/mol. The molecule has 0 aliphatic rings. The molecule has 4 nitrogen and oxygen atoms in total. The molecule has 18 heavy (non-hydrogen) atoms. The second-order valence-electron chi connectivity index (χ2n) is 3.35. The predicted molar refractivity (Wildman–Crippen MR) is 69.5 cm³/mol. The van der Waals surface area contributed by atoms with Gasteiger partial charge >= 0.3 is 5.97 Å². The molecule has 0 aliphatic carbocycles. The van der Waals surface area contributed by atoms with E-state index < -0.39 is 5.97 Å². The number of hydrogen-bond acceptors (Lipinski definition) is 3. The fourth-order valence-corrected chi connectivity index (χ4v) is 2.22. The summed E-state index contributed by atoms with van der Waals surface area (Å²) in [6, 6.07) is 4.74. The van der Waals surface area contributed by atoms with Gasteiger partial charge in [0.1, 0.15) is 11.3 Å². The molecule has 1 N–H and O–H groups in total. The fraction of sp³-hybridized carbons (Fsp3) is 0. The lowest BCUT2D eigenvalue weighted by molar-refractivity contribution is 0.0690. The largest absolute Gasteiger partial charge is 0.476 e. The van der Waals surface area contributed by atoms with E-state index in [0.29, 0.717) is 15.6 Å². The molecule has 0 aliphatic heterocycles. The Morgan fingerprint density at radius 1 is 1.06 bits per heavy atom. The minimum absolute atomic E-state index is 0.0525. The molecular formula is C11H5Cl3N2O2.